The highest BCUT2D eigenvalue weighted by atomic mass is 79.9. The van der Waals surface area contributed by atoms with Crippen LogP contribution in [0.3, 0.4) is 0 Å². The van der Waals surface area contributed by atoms with Crippen LogP contribution in [0.15, 0.2) is 32.7 Å². The molecule has 1 rings (SSSR count). The van der Waals surface area contributed by atoms with Crippen molar-refractivity contribution in [3.05, 3.63) is 28.2 Å². The van der Waals surface area contributed by atoms with Gasteiger partial charge in [0, 0.05) is 10.0 Å². The molecule has 0 bridgehead atoms. The Morgan fingerprint density at radius 3 is 2.47 bits per heavy atom. The van der Waals surface area contributed by atoms with Gasteiger partial charge in [-0.15, -0.1) is 0 Å². The number of Topliss-reactive ketones (excluding diaryl/α,β-unsaturated/α-hetero) is 1. The van der Waals surface area contributed by atoms with Crippen molar-refractivity contribution in [1.82, 2.24) is 0 Å². The molecule has 1 aromatic carbocycles. The number of nitrogens with two attached hydrogens (primary N) is 3. The maximum atomic E-state index is 11.2. The third-order valence-corrected chi connectivity index (χ3v) is 2.50. The maximum absolute atomic E-state index is 11.2. The average molecular weight is 298 g/mol. The van der Waals surface area contributed by atoms with Gasteiger partial charge in [0.15, 0.2) is 11.7 Å². The minimum Gasteiger partial charge on any atom is -0.370 e. The van der Waals surface area contributed by atoms with Gasteiger partial charge in [-0.25, -0.2) is 4.99 Å². The number of aliphatic imine (C=N–C) groups is 2. The molecule has 90 valence electrons. The lowest BCUT2D eigenvalue weighted by molar-refractivity contribution is 0.101. The van der Waals surface area contributed by atoms with E-state index in [9.17, 15) is 4.79 Å². The van der Waals surface area contributed by atoms with E-state index in [1.54, 1.807) is 18.2 Å². The molecule has 0 aromatic heterocycles. The molecule has 6 N–H and O–H groups in total. The SMILES string of the molecule is CC(=O)c1ccc(Br)c(N=C(N)N=C(N)N)c1. The fourth-order valence-corrected chi connectivity index (χ4v) is 1.43. The number of nitrogens with zero attached hydrogens (tertiary/aromatic N) is 2. The van der Waals surface area contributed by atoms with Gasteiger partial charge in [-0.1, -0.05) is 6.07 Å². The minimum atomic E-state index is -0.176. The van der Waals surface area contributed by atoms with E-state index in [0.717, 1.165) is 0 Å². The van der Waals surface area contributed by atoms with Gasteiger partial charge < -0.3 is 17.2 Å². The molecule has 17 heavy (non-hydrogen) atoms. The lowest BCUT2D eigenvalue weighted by atomic mass is 10.1. The minimum absolute atomic E-state index is 0.0608. The predicted molar refractivity (Wildman–Crippen MR) is 71.2 cm³/mol. The fraction of sp³-hybridized carbons (Fsp3) is 0.100. The number of hydrogen-bond acceptors (Lipinski definition) is 2. The fourth-order valence-electron chi connectivity index (χ4n) is 1.10. The molecule has 0 aliphatic heterocycles. The quantitative estimate of drug-likeness (QED) is 0.426. The lowest BCUT2D eigenvalue weighted by Gasteiger charge is -2.02. The van der Waals surface area contributed by atoms with Crippen molar-refractivity contribution in [1.29, 1.82) is 0 Å². The number of ketones is 1. The van der Waals surface area contributed by atoms with Crippen LogP contribution in [0.2, 0.25) is 0 Å². The summed E-state index contributed by atoms with van der Waals surface area (Å²) in [5.41, 5.74) is 16.8. The molecule has 0 heterocycles. The summed E-state index contributed by atoms with van der Waals surface area (Å²) in [7, 11) is 0. The summed E-state index contributed by atoms with van der Waals surface area (Å²) >= 11 is 3.29. The number of rotatable bonds is 2. The van der Waals surface area contributed by atoms with Gasteiger partial charge in [0.1, 0.15) is 0 Å². The molecule has 0 fully saturated rings. The van der Waals surface area contributed by atoms with Crippen LogP contribution in [0.1, 0.15) is 17.3 Å². The van der Waals surface area contributed by atoms with Crippen molar-refractivity contribution in [2.75, 3.05) is 0 Å². The third kappa shape index (κ3) is 3.87. The highest BCUT2D eigenvalue weighted by Gasteiger charge is 2.04. The molecule has 0 saturated carbocycles. The molecule has 0 unspecified atom stereocenters. The second kappa shape index (κ2) is 5.44. The van der Waals surface area contributed by atoms with E-state index in [0.29, 0.717) is 15.7 Å². The van der Waals surface area contributed by atoms with Crippen molar-refractivity contribution in [2.24, 2.45) is 27.2 Å². The molecule has 0 radical (unpaired) electrons. The zero-order valence-electron chi connectivity index (χ0n) is 9.14. The van der Waals surface area contributed by atoms with Crippen LogP contribution in [0.25, 0.3) is 0 Å². The topological polar surface area (TPSA) is 120 Å². The first-order valence-electron chi connectivity index (χ1n) is 4.64. The molecular weight excluding hydrogens is 286 g/mol. The Bertz CT molecular complexity index is 505. The molecule has 0 saturated heterocycles. The molecular formula is C10H12BrN5O. The Morgan fingerprint density at radius 2 is 1.94 bits per heavy atom. The number of hydrogen-bond donors (Lipinski definition) is 3. The van der Waals surface area contributed by atoms with Gasteiger partial charge in [0.05, 0.1) is 5.69 Å². The Balaban J connectivity index is 3.18. The van der Waals surface area contributed by atoms with E-state index in [4.69, 9.17) is 17.2 Å². The number of halogens is 1. The number of guanidine groups is 2. The van der Waals surface area contributed by atoms with E-state index in [2.05, 4.69) is 25.9 Å². The van der Waals surface area contributed by atoms with Gasteiger partial charge in [-0.05, 0) is 35.0 Å². The van der Waals surface area contributed by atoms with E-state index in [-0.39, 0.29) is 17.7 Å². The van der Waals surface area contributed by atoms with Gasteiger partial charge in [0.2, 0.25) is 5.96 Å². The normalized spacial score (nSPS) is 11.1. The molecule has 0 spiro atoms. The number of carbonyl (C=O) groups is 1. The molecule has 0 atom stereocenters. The van der Waals surface area contributed by atoms with Crippen molar-refractivity contribution in [2.45, 2.75) is 6.92 Å². The third-order valence-electron chi connectivity index (χ3n) is 1.83. The van der Waals surface area contributed by atoms with E-state index < -0.39 is 0 Å². The van der Waals surface area contributed by atoms with Gasteiger partial charge >= 0.3 is 0 Å². The van der Waals surface area contributed by atoms with Crippen molar-refractivity contribution in [3.63, 3.8) is 0 Å². The summed E-state index contributed by atoms with van der Waals surface area (Å²) in [5.74, 6) is -0.314. The molecule has 1 aromatic rings. The lowest BCUT2D eigenvalue weighted by Crippen LogP contribution is -2.26. The van der Waals surface area contributed by atoms with Gasteiger partial charge in [0.25, 0.3) is 0 Å². The van der Waals surface area contributed by atoms with Gasteiger partial charge in [-0.3, -0.25) is 4.79 Å². The average Bonchev–Trinajstić information content (AvgIpc) is 2.19. The van der Waals surface area contributed by atoms with Crippen molar-refractivity contribution >= 4 is 39.3 Å². The van der Waals surface area contributed by atoms with E-state index >= 15 is 0 Å². The number of carbonyl (C=O) groups excluding carboxylic acids is 1. The molecule has 7 heteroatoms. The van der Waals surface area contributed by atoms with Crippen LogP contribution in [-0.2, 0) is 0 Å². The van der Waals surface area contributed by atoms with Crippen LogP contribution >= 0.6 is 15.9 Å². The molecule has 6 nitrogen and oxygen atoms in total. The van der Waals surface area contributed by atoms with E-state index in [1.165, 1.54) is 6.92 Å². The standard InChI is InChI=1S/C10H12BrN5O/c1-5(17)6-2-3-7(11)8(4-6)15-10(14)16-9(12)13/h2-4H,1H3,(H6,12,13,14,15,16). The monoisotopic (exact) mass is 297 g/mol. The summed E-state index contributed by atoms with van der Waals surface area (Å²) in [6.07, 6.45) is 0. The summed E-state index contributed by atoms with van der Waals surface area (Å²) in [5, 5.41) is 0. The second-order valence-corrected chi connectivity index (χ2v) is 4.08. The number of benzene rings is 1. The van der Waals surface area contributed by atoms with Crippen molar-refractivity contribution in [3.8, 4) is 0 Å². The second-order valence-electron chi connectivity index (χ2n) is 3.23. The van der Waals surface area contributed by atoms with Crippen LogP contribution in [-0.4, -0.2) is 17.7 Å². The Hall–Kier alpha value is -1.89. The summed E-state index contributed by atoms with van der Waals surface area (Å²) in [6, 6.07) is 4.99. The van der Waals surface area contributed by atoms with Crippen LogP contribution < -0.4 is 17.2 Å². The first-order valence-corrected chi connectivity index (χ1v) is 5.43. The van der Waals surface area contributed by atoms with Crippen LogP contribution in [0, 0.1) is 0 Å². The first-order chi connectivity index (χ1) is 7.90. The first kappa shape index (κ1) is 13.2. The zero-order valence-corrected chi connectivity index (χ0v) is 10.7. The largest absolute Gasteiger partial charge is 0.370 e. The smallest absolute Gasteiger partial charge is 0.223 e. The van der Waals surface area contributed by atoms with E-state index in [1.807, 2.05) is 0 Å². The zero-order chi connectivity index (χ0) is 13.0. The summed E-state index contributed by atoms with van der Waals surface area (Å²) in [6.45, 7) is 1.47. The highest BCUT2D eigenvalue weighted by molar-refractivity contribution is 9.10. The Kier molecular flexibility index (Phi) is 4.22. The van der Waals surface area contributed by atoms with Crippen LogP contribution in [0.5, 0.6) is 0 Å². The van der Waals surface area contributed by atoms with Crippen LogP contribution in [0.4, 0.5) is 5.69 Å². The summed E-state index contributed by atoms with van der Waals surface area (Å²) in [4.78, 5) is 18.8. The predicted octanol–water partition coefficient (Wildman–Crippen LogP) is 0.871. The molecule has 0 aliphatic rings. The Labute approximate surface area is 107 Å². The molecule has 0 aliphatic carbocycles. The van der Waals surface area contributed by atoms with Gasteiger partial charge in [-0.2, -0.15) is 4.99 Å². The summed E-state index contributed by atoms with van der Waals surface area (Å²) < 4.78 is 0.691. The highest BCUT2D eigenvalue weighted by Crippen LogP contribution is 2.26. The Morgan fingerprint density at radius 1 is 1.29 bits per heavy atom. The molecule has 0 amide bonds. The van der Waals surface area contributed by atoms with Crippen molar-refractivity contribution < 1.29 is 4.79 Å². The maximum Gasteiger partial charge on any atom is 0.223 e.